The van der Waals surface area contributed by atoms with Crippen molar-refractivity contribution >= 4 is 33.4 Å². The van der Waals surface area contributed by atoms with Gasteiger partial charge in [-0.05, 0) is 11.0 Å². The van der Waals surface area contributed by atoms with Crippen LogP contribution in [0.4, 0.5) is 0 Å². The van der Waals surface area contributed by atoms with Gasteiger partial charge in [-0.1, -0.05) is 34.1 Å². The molecule has 0 saturated carbocycles. The molecule has 0 aliphatic rings. The standard InChI is InChI=1S/C8H18Cl2Si/c1-5-6(2)8(9,10)7(3,4)11/h6H,5H2,1-4,11H3. The van der Waals surface area contributed by atoms with Gasteiger partial charge in [-0.25, -0.2) is 0 Å². The predicted octanol–water partition coefficient (Wildman–Crippen LogP) is 2.77. The molecule has 0 radical (unpaired) electrons. The van der Waals surface area contributed by atoms with Crippen LogP contribution >= 0.6 is 23.2 Å². The summed E-state index contributed by atoms with van der Waals surface area (Å²) in [5.74, 6) is 0.373. The fraction of sp³-hybridized carbons (Fsp3) is 1.00. The highest BCUT2D eigenvalue weighted by molar-refractivity contribution is 6.52. The monoisotopic (exact) mass is 212 g/mol. The maximum absolute atomic E-state index is 6.26. The molecule has 0 aromatic heterocycles. The maximum Gasteiger partial charge on any atom is 0.122 e. The third-order valence-electron chi connectivity index (χ3n) is 2.23. The molecule has 0 N–H and O–H groups in total. The van der Waals surface area contributed by atoms with Crippen LogP contribution in [0.3, 0.4) is 0 Å². The topological polar surface area (TPSA) is 0 Å². The van der Waals surface area contributed by atoms with Gasteiger partial charge < -0.3 is 0 Å². The molecule has 0 fully saturated rings. The lowest BCUT2D eigenvalue weighted by molar-refractivity contribution is 0.411. The zero-order valence-corrected chi connectivity index (χ0v) is 11.6. The lowest BCUT2D eigenvalue weighted by atomic mass is 9.94. The molecular weight excluding hydrogens is 195 g/mol. The van der Waals surface area contributed by atoms with Gasteiger partial charge in [-0.15, -0.1) is 23.2 Å². The third kappa shape index (κ3) is 2.64. The van der Waals surface area contributed by atoms with Crippen molar-refractivity contribution in [2.75, 3.05) is 0 Å². The minimum Gasteiger partial charge on any atom is -0.101 e. The molecule has 0 aliphatic carbocycles. The van der Waals surface area contributed by atoms with E-state index in [1.54, 1.807) is 0 Å². The van der Waals surface area contributed by atoms with E-state index in [1.807, 2.05) is 0 Å². The Kier molecular flexibility index (Phi) is 3.94. The Hall–Kier alpha value is 0.797. The van der Waals surface area contributed by atoms with Gasteiger partial charge in [0.25, 0.3) is 0 Å². The van der Waals surface area contributed by atoms with Gasteiger partial charge in [0.2, 0.25) is 0 Å². The minimum absolute atomic E-state index is 0.0888. The van der Waals surface area contributed by atoms with E-state index < -0.39 is 4.33 Å². The normalized spacial score (nSPS) is 16.9. The number of rotatable bonds is 3. The summed E-state index contributed by atoms with van der Waals surface area (Å²) in [6, 6.07) is 0. The van der Waals surface area contributed by atoms with Crippen molar-refractivity contribution in [3.63, 3.8) is 0 Å². The van der Waals surface area contributed by atoms with Gasteiger partial charge in [0.1, 0.15) is 4.33 Å². The molecule has 1 unspecified atom stereocenters. The van der Waals surface area contributed by atoms with Crippen LogP contribution in [0.1, 0.15) is 34.1 Å². The van der Waals surface area contributed by atoms with Gasteiger partial charge in [0.15, 0.2) is 0 Å². The van der Waals surface area contributed by atoms with E-state index in [4.69, 9.17) is 23.2 Å². The number of halogens is 2. The van der Waals surface area contributed by atoms with E-state index >= 15 is 0 Å². The van der Waals surface area contributed by atoms with Gasteiger partial charge in [0, 0.05) is 10.2 Å². The lowest BCUT2D eigenvalue weighted by Gasteiger charge is -2.38. The van der Waals surface area contributed by atoms with Crippen LogP contribution in [-0.4, -0.2) is 14.6 Å². The lowest BCUT2D eigenvalue weighted by Crippen LogP contribution is -2.34. The van der Waals surface area contributed by atoms with Crippen LogP contribution < -0.4 is 0 Å². The second kappa shape index (κ2) is 3.67. The van der Waals surface area contributed by atoms with Crippen LogP contribution in [-0.2, 0) is 0 Å². The fourth-order valence-electron chi connectivity index (χ4n) is 0.996. The van der Waals surface area contributed by atoms with Crippen molar-refractivity contribution in [2.45, 2.75) is 43.5 Å². The summed E-state index contributed by atoms with van der Waals surface area (Å²) in [7, 11) is 1.02. The molecular formula is C8H18Cl2Si. The molecule has 0 saturated heterocycles. The number of hydrogen-bond donors (Lipinski definition) is 0. The zero-order chi connectivity index (χ0) is 9.28. The zero-order valence-electron chi connectivity index (χ0n) is 8.04. The van der Waals surface area contributed by atoms with Crippen molar-refractivity contribution in [1.82, 2.24) is 0 Å². The first-order valence-electron chi connectivity index (χ1n) is 4.11. The predicted molar refractivity (Wildman–Crippen MR) is 57.9 cm³/mol. The summed E-state index contributed by atoms with van der Waals surface area (Å²) >= 11 is 12.5. The van der Waals surface area contributed by atoms with Crippen LogP contribution in [0, 0.1) is 5.92 Å². The highest BCUT2D eigenvalue weighted by Crippen LogP contribution is 2.49. The van der Waals surface area contributed by atoms with Crippen molar-refractivity contribution in [1.29, 1.82) is 0 Å². The summed E-state index contributed by atoms with van der Waals surface area (Å²) in [6.07, 6.45) is 1.04. The Morgan fingerprint density at radius 2 is 1.73 bits per heavy atom. The van der Waals surface area contributed by atoms with Crippen molar-refractivity contribution in [3.8, 4) is 0 Å². The Balaban J connectivity index is 4.45. The molecule has 0 aromatic rings. The number of hydrogen-bond acceptors (Lipinski definition) is 0. The largest absolute Gasteiger partial charge is 0.122 e. The first kappa shape index (κ1) is 11.8. The smallest absolute Gasteiger partial charge is 0.101 e. The van der Waals surface area contributed by atoms with Gasteiger partial charge in [-0.2, -0.15) is 0 Å². The summed E-state index contributed by atoms with van der Waals surface area (Å²) in [4.78, 5) is 0. The van der Waals surface area contributed by atoms with E-state index in [9.17, 15) is 0 Å². The Morgan fingerprint density at radius 3 is 1.82 bits per heavy atom. The van der Waals surface area contributed by atoms with Crippen LogP contribution in [0.5, 0.6) is 0 Å². The second-order valence-corrected chi connectivity index (χ2v) is 8.07. The molecule has 11 heavy (non-hydrogen) atoms. The van der Waals surface area contributed by atoms with Gasteiger partial charge in [0.05, 0.1) is 0 Å². The van der Waals surface area contributed by atoms with E-state index in [-0.39, 0.29) is 5.04 Å². The third-order valence-corrected chi connectivity index (χ3v) is 5.53. The molecule has 0 nitrogen and oxygen atoms in total. The van der Waals surface area contributed by atoms with Crippen LogP contribution in [0.2, 0.25) is 5.04 Å². The minimum atomic E-state index is -0.548. The average molecular weight is 213 g/mol. The molecule has 0 aliphatic heterocycles. The van der Waals surface area contributed by atoms with E-state index in [0.29, 0.717) is 5.92 Å². The molecule has 0 heterocycles. The average Bonchev–Trinajstić information content (AvgIpc) is 1.83. The van der Waals surface area contributed by atoms with Crippen molar-refractivity contribution in [2.24, 2.45) is 5.92 Å². The van der Waals surface area contributed by atoms with Crippen molar-refractivity contribution in [3.05, 3.63) is 0 Å². The van der Waals surface area contributed by atoms with Crippen LogP contribution in [0.25, 0.3) is 0 Å². The molecule has 0 bridgehead atoms. The fourth-order valence-corrected chi connectivity index (χ4v) is 1.80. The molecule has 0 aromatic carbocycles. The van der Waals surface area contributed by atoms with E-state index in [2.05, 4.69) is 27.7 Å². The van der Waals surface area contributed by atoms with Gasteiger partial charge in [-0.3, -0.25) is 0 Å². The summed E-state index contributed by atoms with van der Waals surface area (Å²) < 4.78 is -0.548. The number of alkyl halides is 2. The Morgan fingerprint density at radius 1 is 1.36 bits per heavy atom. The Bertz CT molecular complexity index is 127. The molecule has 68 valence electrons. The second-order valence-electron chi connectivity index (χ2n) is 4.18. The summed E-state index contributed by atoms with van der Waals surface area (Å²) in [5.41, 5.74) is 0. The molecule has 0 amide bonds. The summed E-state index contributed by atoms with van der Waals surface area (Å²) in [6.45, 7) is 8.49. The molecule has 0 rings (SSSR count). The molecule has 3 heteroatoms. The van der Waals surface area contributed by atoms with Crippen molar-refractivity contribution < 1.29 is 0 Å². The highest BCUT2D eigenvalue weighted by Gasteiger charge is 2.41. The quantitative estimate of drug-likeness (QED) is 0.499. The first-order chi connectivity index (χ1) is 4.73. The van der Waals surface area contributed by atoms with Crippen LogP contribution in [0.15, 0.2) is 0 Å². The van der Waals surface area contributed by atoms with E-state index in [1.165, 1.54) is 0 Å². The SMILES string of the molecule is CCC(C)C(Cl)(Cl)C(C)(C)[SiH3]. The maximum atomic E-state index is 6.26. The van der Waals surface area contributed by atoms with Gasteiger partial charge >= 0.3 is 0 Å². The summed E-state index contributed by atoms with van der Waals surface area (Å²) in [5, 5.41) is 0.0888. The molecule has 0 spiro atoms. The highest BCUT2D eigenvalue weighted by atomic mass is 35.5. The molecule has 1 atom stereocenters. The first-order valence-corrected chi connectivity index (χ1v) is 5.87. The van der Waals surface area contributed by atoms with E-state index in [0.717, 1.165) is 16.7 Å². The Labute approximate surface area is 83.1 Å².